The fourth-order valence-corrected chi connectivity index (χ4v) is 3.09. The zero-order chi connectivity index (χ0) is 16.4. The van der Waals surface area contributed by atoms with Gasteiger partial charge in [0.2, 0.25) is 0 Å². The third-order valence-electron chi connectivity index (χ3n) is 4.59. The molecule has 1 unspecified atom stereocenters. The van der Waals surface area contributed by atoms with Gasteiger partial charge < -0.3 is 4.74 Å². The number of esters is 1. The molecule has 3 rings (SSSR count). The van der Waals surface area contributed by atoms with Gasteiger partial charge in [-0.15, -0.1) is 0 Å². The summed E-state index contributed by atoms with van der Waals surface area (Å²) in [5.41, 5.74) is 4.25. The largest absolute Gasteiger partial charge is 0.456 e. The first kappa shape index (κ1) is 15.5. The maximum atomic E-state index is 12.1. The van der Waals surface area contributed by atoms with E-state index in [2.05, 4.69) is 63.2 Å². The molecule has 2 aromatic carbocycles. The molecule has 23 heavy (non-hydrogen) atoms. The molecule has 0 bridgehead atoms. The van der Waals surface area contributed by atoms with Crippen molar-refractivity contribution in [1.29, 1.82) is 0 Å². The quantitative estimate of drug-likeness (QED) is 0.722. The standard InChI is InChI=1S/C21H22O2/c1-15-9-11-17(12-10-15)20-21(2,3)18(14-19(22)23-20)13-16-7-5-4-6-8-16/h4-13,20H,14H2,1-3H3/b18-13+. The minimum atomic E-state index is -0.251. The number of cyclic esters (lactones) is 1. The van der Waals surface area contributed by atoms with Gasteiger partial charge in [0.05, 0.1) is 6.42 Å². The molecule has 2 aromatic rings. The Labute approximate surface area is 137 Å². The van der Waals surface area contributed by atoms with E-state index in [4.69, 9.17) is 4.74 Å². The highest BCUT2D eigenvalue weighted by Crippen LogP contribution is 2.48. The van der Waals surface area contributed by atoms with Crippen LogP contribution in [0.2, 0.25) is 0 Å². The summed E-state index contributed by atoms with van der Waals surface area (Å²) in [5, 5.41) is 0. The lowest BCUT2D eigenvalue weighted by Crippen LogP contribution is -2.34. The predicted octanol–water partition coefficient (Wildman–Crippen LogP) is 5.09. The van der Waals surface area contributed by atoms with Crippen LogP contribution in [0.1, 0.15) is 43.1 Å². The van der Waals surface area contributed by atoms with Gasteiger partial charge in [-0.1, -0.05) is 80.1 Å². The lowest BCUT2D eigenvalue weighted by Gasteiger charge is -2.40. The molecule has 0 aromatic heterocycles. The monoisotopic (exact) mass is 306 g/mol. The maximum absolute atomic E-state index is 12.1. The van der Waals surface area contributed by atoms with Crippen molar-refractivity contribution in [2.75, 3.05) is 0 Å². The Bertz CT molecular complexity index is 724. The van der Waals surface area contributed by atoms with Gasteiger partial charge in [-0.3, -0.25) is 4.79 Å². The number of rotatable bonds is 2. The number of carbonyl (C=O) groups excluding carboxylic acids is 1. The average molecular weight is 306 g/mol. The topological polar surface area (TPSA) is 26.3 Å². The molecule has 1 fully saturated rings. The van der Waals surface area contributed by atoms with Crippen molar-refractivity contribution < 1.29 is 9.53 Å². The molecular formula is C21H22O2. The molecule has 1 aliphatic rings. The number of hydrogen-bond donors (Lipinski definition) is 0. The van der Waals surface area contributed by atoms with E-state index in [1.54, 1.807) is 0 Å². The van der Waals surface area contributed by atoms with Gasteiger partial charge in [0.1, 0.15) is 6.10 Å². The number of carbonyl (C=O) groups is 1. The maximum Gasteiger partial charge on any atom is 0.310 e. The van der Waals surface area contributed by atoms with E-state index in [9.17, 15) is 4.79 Å². The van der Waals surface area contributed by atoms with Crippen LogP contribution >= 0.6 is 0 Å². The highest BCUT2D eigenvalue weighted by Gasteiger charge is 2.42. The third kappa shape index (κ3) is 3.21. The van der Waals surface area contributed by atoms with Gasteiger partial charge in [-0.05, 0) is 23.6 Å². The minimum absolute atomic E-state index is 0.155. The summed E-state index contributed by atoms with van der Waals surface area (Å²) in [4.78, 5) is 12.1. The van der Waals surface area contributed by atoms with E-state index in [1.807, 2.05) is 18.2 Å². The molecule has 0 radical (unpaired) electrons. The van der Waals surface area contributed by atoms with Crippen LogP contribution in [0.5, 0.6) is 0 Å². The highest BCUT2D eigenvalue weighted by atomic mass is 16.5. The molecule has 0 spiro atoms. The number of hydrogen-bond acceptors (Lipinski definition) is 2. The normalized spacial score (nSPS) is 22.0. The van der Waals surface area contributed by atoms with E-state index in [0.29, 0.717) is 6.42 Å². The summed E-state index contributed by atoms with van der Waals surface area (Å²) in [7, 11) is 0. The van der Waals surface area contributed by atoms with Crippen LogP contribution < -0.4 is 0 Å². The Morgan fingerprint density at radius 2 is 1.70 bits per heavy atom. The van der Waals surface area contributed by atoms with Crippen molar-refractivity contribution >= 4 is 12.0 Å². The third-order valence-corrected chi connectivity index (χ3v) is 4.59. The lowest BCUT2D eigenvalue weighted by atomic mass is 9.72. The summed E-state index contributed by atoms with van der Waals surface area (Å²) < 4.78 is 5.72. The second-order valence-corrected chi connectivity index (χ2v) is 6.76. The Morgan fingerprint density at radius 3 is 2.35 bits per heavy atom. The Balaban J connectivity index is 2.00. The average Bonchev–Trinajstić information content (AvgIpc) is 2.53. The molecule has 0 N–H and O–H groups in total. The summed E-state index contributed by atoms with van der Waals surface area (Å²) >= 11 is 0. The Hall–Kier alpha value is -2.35. The Morgan fingerprint density at radius 1 is 1.04 bits per heavy atom. The molecule has 2 nitrogen and oxygen atoms in total. The van der Waals surface area contributed by atoms with Gasteiger partial charge in [0, 0.05) is 5.41 Å². The van der Waals surface area contributed by atoms with Crippen molar-refractivity contribution in [1.82, 2.24) is 0 Å². The van der Waals surface area contributed by atoms with Crippen LogP contribution in [0.3, 0.4) is 0 Å². The van der Waals surface area contributed by atoms with E-state index < -0.39 is 0 Å². The molecule has 118 valence electrons. The van der Waals surface area contributed by atoms with Gasteiger partial charge in [0.25, 0.3) is 0 Å². The minimum Gasteiger partial charge on any atom is -0.456 e. The summed E-state index contributed by atoms with van der Waals surface area (Å²) in [6.07, 6.45) is 2.23. The van der Waals surface area contributed by atoms with Gasteiger partial charge in [0.15, 0.2) is 0 Å². The Kier molecular flexibility index (Phi) is 4.08. The predicted molar refractivity (Wildman–Crippen MR) is 92.8 cm³/mol. The molecule has 1 heterocycles. The fourth-order valence-electron chi connectivity index (χ4n) is 3.09. The summed E-state index contributed by atoms with van der Waals surface area (Å²) in [6.45, 7) is 6.36. The summed E-state index contributed by atoms with van der Waals surface area (Å²) in [6, 6.07) is 18.4. The fraction of sp³-hybridized carbons (Fsp3) is 0.286. The zero-order valence-corrected chi connectivity index (χ0v) is 13.9. The van der Waals surface area contributed by atoms with E-state index in [1.165, 1.54) is 5.56 Å². The van der Waals surface area contributed by atoms with Gasteiger partial charge >= 0.3 is 5.97 Å². The number of benzene rings is 2. The molecule has 1 aliphatic heterocycles. The molecule has 0 saturated carbocycles. The van der Waals surface area contributed by atoms with Gasteiger partial charge in [-0.25, -0.2) is 0 Å². The first-order valence-corrected chi connectivity index (χ1v) is 7.99. The molecule has 1 saturated heterocycles. The smallest absolute Gasteiger partial charge is 0.310 e. The molecule has 1 atom stereocenters. The van der Waals surface area contributed by atoms with Crippen molar-refractivity contribution in [3.8, 4) is 0 Å². The van der Waals surface area contributed by atoms with Crippen LogP contribution in [-0.4, -0.2) is 5.97 Å². The zero-order valence-electron chi connectivity index (χ0n) is 13.9. The van der Waals surface area contributed by atoms with Crippen molar-refractivity contribution in [3.05, 3.63) is 76.9 Å². The summed E-state index contributed by atoms with van der Waals surface area (Å²) in [5.74, 6) is -0.155. The first-order valence-electron chi connectivity index (χ1n) is 7.99. The van der Waals surface area contributed by atoms with Crippen molar-refractivity contribution in [3.63, 3.8) is 0 Å². The van der Waals surface area contributed by atoms with E-state index >= 15 is 0 Å². The van der Waals surface area contributed by atoms with E-state index in [0.717, 1.165) is 16.7 Å². The molecular weight excluding hydrogens is 284 g/mol. The molecule has 0 amide bonds. The molecule has 0 aliphatic carbocycles. The lowest BCUT2D eigenvalue weighted by molar-refractivity contribution is -0.159. The second kappa shape index (κ2) is 6.04. The van der Waals surface area contributed by atoms with Gasteiger partial charge in [-0.2, -0.15) is 0 Å². The first-order chi connectivity index (χ1) is 11.0. The van der Waals surface area contributed by atoms with Crippen LogP contribution in [0.4, 0.5) is 0 Å². The van der Waals surface area contributed by atoms with E-state index in [-0.39, 0.29) is 17.5 Å². The number of aryl methyl sites for hydroxylation is 1. The second-order valence-electron chi connectivity index (χ2n) is 6.76. The van der Waals surface area contributed by atoms with Crippen LogP contribution in [0.25, 0.3) is 6.08 Å². The SMILES string of the molecule is Cc1ccc(C2OC(=O)C/C(=C\c3ccccc3)C2(C)C)cc1. The highest BCUT2D eigenvalue weighted by molar-refractivity contribution is 5.77. The number of ether oxygens (including phenoxy) is 1. The van der Waals surface area contributed by atoms with Crippen molar-refractivity contribution in [2.45, 2.75) is 33.3 Å². The van der Waals surface area contributed by atoms with Crippen LogP contribution in [0, 0.1) is 12.3 Å². The van der Waals surface area contributed by atoms with Crippen LogP contribution in [0.15, 0.2) is 60.2 Å². The van der Waals surface area contributed by atoms with Crippen molar-refractivity contribution in [2.24, 2.45) is 5.41 Å². The molecule has 2 heteroatoms. The van der Waals surface area contributed by atoms with Crippen LogP contribution in [-0.2, 0) is 9.53 Å².